The number of amides is 1. The predicted octanol–water partition coefficient (Wildman–Crippen LogP) is 2.43. The first-order chi connectivity index (χ1) is 7.50. The molecule has 1 aliphatic rings. The molecule has 1 rings (SSSR count). The van der Waals surface area contributed by atoms with Crippen LogP contribution in [0.15, 0.2) is 0 Å². The molecule has 16 heavy (non-hydrogen) atoms. The van der Waals surface area contributed by atoms with E-state index in [0.29, 0.717) is 24.7 Å². The van der Waals surface area contributed by atoms with E-state index >= 15 is 0 Å². The standard InChI is InChI=1S/C13H22N2O/c1-5-13(6-2,9-14)12(16)15-7-10(3)11(4)8-15/h10-11H,5-8H2,1-4H3. The molecule has 0 spiro atoms. The third kappa shape index (κ3) is 2.07. The number of hydrogen-bond acceptors (Lipinski definition) is 2. The largest absolute Gasteiger partial charge is 0.341 e. The molecule has 1 heterocycles. The Morgan fingerprint density at radius 1 is 1.31 bits per heavy atom. The molecule has 0 N–H and O–H groups in total. The van der Waals surface area contributed by atoms with E-state index in [-0.39, 0.29) is 5.91 Å². The maximum Gasteiger partial charge on any atom is 0.243 e. The minimum absolute atomic E-state index is 0.0381. The summed E-state index contributed by atoms with van der Waals surface area (Å²) in [6, 6.07) is 2.23. The molecule has 3 nitrogen and oxygen atoms in total. The van der Waals surface area contributed by atoms with Gasteiger partial charge in [-0.05, 0) is 24.7 Å². The molecule has 0 radical (unpaired) electrons. The van der Waals surface area contributed by atoms with Crippen molar-refractivity contribution in [3.8, 4) is 6.07 Å². The third-order valence-corrected chi connectivity index (χ3v) is 4.11. The van der Waals surface area contributed by atoms with E-state index in [9.17, 15) is 10.1 Å². The first-order valence-corrected chi connectivity index (χ1v) is 6.21. The lowest BCUT2D eigenvalue weighted by Gasteiger charge is -2.28. The Kier molecular flexibility index (Phi) is 3.96. The van der Waals surface area contributed by atoms with Crippen molar-refractivity contribution in [3.63, 3.8) is 0 Å². The van der Waals surface area contributed by atoms with Gasteiger partial charge in [-0.3, -0.25) is 4.79 Å². The molecule has 2 atom stereocenters. The van der Waals surface area contributed by atoms with Crippen LogP contribution in [0.2, 0.25) is 0 Å². The summed E-state index contributed by atoms with van der Waals surface area (Å²) in [5, 5.41) is 9.24. The van der Waals surface area contributed by atoms with Crippen molar-refractivity contribution in [3.05, 3.63) is 0 Å². The van der Waals surface area contributed by atoms with Crippen molar-refractivity contribution < 1.29 is 4.79 Å². The normalized spacial score (nSPS) is 25.6. The number of carbonyl (C=O) groups excluding carboxylic acids is 1. The van der Waals surface area contributed by atoms with Crippen molar-refractivity contribution in [2.45, 2.75) is 40.5 Å². The van der Waals surface area contributed by atoms with Gasteiger partial charge >= 0.3 is 0 Å². The number of nitrogens with zero attached hydrogens (tertiary/aromatic N) is 2. The number of nitriles is 1. The fourth-order valence-corrected chi connectivity index (χ4v) is 2.36. The summed E-state index contributed by atoms with van der Waals surface area (Å²) in [5.74, 6) is 1.14. The van der Waals surface area contributed by atoms with E-state index in [1.165, 1.54) is 0 Å². The fourth-order valence-electron chi connectivity index (χ4n) is 2.36. The first kappa shape index (κ1) is 13.0. The van der Waals surface area contributed by atoms with Gasteiger partial charge in [0.15, 0.2) is 0 Å². The van der Waals surface area contributed by atoms with E-state index in [0.717, 1.165) is 13.1 Å². The first-order valence-electron chi connectivity index (χ1n) is 6.21. The Balaban J connectivity index is 2.82. The monoisotopic (exact) mass is 222 g/mol. The second-order valence-electron chi connectivity index (χ2n) is 5.07. The van der Waals surface area contributed by atoms with Crippen molar-refractivity contribution in [2.24, 2.45) is 17.3 Å². The molecular weight excluding hydrogens is 200 g/mol. The van der Waals surface area contributed by atoms with Gasteiger partial charge in [-0.1, -0.05) is 27.7 Å². The molecule has 0 bridgehead atoms. The van der Waals surface area contributed by atoms with Gasteiger partial charge in [0.1, 0.15) is 5.41 Å². The van der Waals surface area contributed by atoms with E-state index in [2.05, 4.69) is 19.9 Å². The van der Waals surface area contributed by atoms with Crippen LogP contribution in [0.4, 0.5) is 0 Å². The van der Waals surface area contributed by atoms with Gasteiger partial charge in [0, 0.05) is 13.1 Å². The molecule has 1 fully saturated rings. The summed E-state index contributed by atoms with van der Waals surface area (Å²) in [6.45, 7) is 9.81. The zero-order valence-corrected chi connectivity index (χ0v) is 10.8. The third-order valence-electron chi connectivity index (χ3n) is 4.11. The molecule has 0 saturated carbocycles. The summed E-state index contributed by atoms with van der Waals surface area (Å²) in [5.41, 5.74) is -0.788. The van der Waals surface area contributed by atoms with Crippen LogP contribution in [0, 0.1) is 28.6 Å². The quantitative estimate of drug-likeness (QED) is 0.736. The Bertz CT molecular complexity index is 292. The van der Waals surface area contributed by atoms with Crippen LogP contribution in [0.1, 0.15) is 40.5 Å². The van der Waals surface area contributed by atoms with E-state index < -0.39 is 5.41 Å². The SMILES string of the molecule is CCC(C#N)(CC)C(=O)N1CC(C)C(C)C1. The average Bonchev–Trinajstić information content (AvgIpc) is 2.62. The highest BCUT2D eigenvalue weighted by Gasteiger charge is 2.41. The number of hydrogen-bond donors (Lipinski definition) is 0. The number of likely N-dealkylation sites (tertiary alicyclic amines) is 1. The van der Waals surface area contributed by atoms with Gasteiger partial charge < -0.3 is 4.90 Å². The fraction of sp³-hybridized carbons (Fsp3) is 0.846. The molecule has 1 aliphatic heterocycles. The van der Waals surface area contributed by atoms with Crippen LogP contribution in [0.3, 0.4) is 0 Å². The topological polar surface area (TPSA) is 44.1 Å². The molecule has 0 aromatic rings. The van der Waals surface area contributed by atoms with Gasteiger partial charge in [-0.15, -0.1) is 0 Å². The van der Waals surface area contributed by atoms with E-state index in [1.807, 2.05) is 18.7 Å². The molecule has 2 unspecified atom stereocenters. The molecule has 1 amide bonds. The molecule has 0 aliphatic carbocycles. The summed E-state index contributed by atoms with van der Waals surface area (Å²) in [4.78, 5) is 14.2. The highest BCUT2D eigenvalue weighted by Crippen LogP contribution is 2.32. The van der Waals surface area contributed by atoms with Gasteiger partial charge in [-0.25, -0.2) is 0 Å². The van der Waals surface area contributed by atoms with Crippen LogP contribution < -0.4 is 0 Å². The van der Waals surface area contributed by atoms with Crippen LogP contribution >= 0.6 is 0 Å². The zero-order valence-electron chi connectivity index (χ0n) is 10.8. The number of carbonyl (C=O) groups is 1. The molecule has 0 aromatic carbocycles. The Labute approximate surface area is 98.4 Å². The lowest BCUT2D eigenvalue weighted by Crippen LogP contribution is -2.41. The highest BCUT2D eigenvalue weighted by molar-refractivity contribution is 5.85. The van der Waals surface area contributed by atoms with Crippen molar-refractivity contribution >= 4 is 5.91 Å². The minimum atomic E-state index is -0.788. The molecule has 3 heteroatoms. The van der Waals surface area contributed by atoms with Gasteiger partial charge in [-0.2, -0.15) is 5.26 Å². The Hall–Kier alpha value is -1.04. The second-order valence-corrected chi connectivity index (χ2v) is 5.07. The van der Waals surface area contributed by atoms with Crippen LogP contribution in [0.25, 0.3) is 0 Å². The highest BCUT2D eigenvalue weighted by atomic mass is 16.2. The van der Waals surface area contributed by atoms with Gasteiger partial charge in [0.2, 0.25) is 5.91 Å². The second kappa shape index (κ2) is 4.86. The lowest BCUT2D eigenvalue weighted by atomic mass is 9.82. The molecule has 0 aromatic heterocycles. The molecule has 1 saturated heterocycles. The predicted molar refractivity (Wildman–Crippen MR) is 63.5 cm³/mol. The van der Waals surface area contributed by atoms with Gasteiger partial charge in [0.05, 0.1) is 6.07 Å². The summed E-state index contributed by atoms with van der Waals surface area (Å²) >= 11 is 0. The van der Waals surface area contributed by atoms with Crippen LogP contribution in [0.5, 0.6) is 0 Å². The van der Waals surface area contributed by atoms with E-state index in [4.69, 9.17) is 0 Å². The summed E-state index contributed by atoms with van der Waals surface area (Å²) in [7, 11) is 0. The number of rotatable bonds is 3. The molecule has 90 valence electrons. The molecular formula is C13H22N2O. The smallest absolute Gasteiger partial charge is 0.243 e. The zero-order chi connectivity index (χ0) is 12.3. The van der Waals surface area contributed by atoms with Crippen molar-refractivity contribution in [1.82, 2.24) is 4.90 Å². The van der Waals surface area contributed by atoms with Crippen LogP contribution in [-0.2, 0) is 4.79 Å². The van der Waals surface area contributed by atoms with Gasteiger partial charge in [0.25, 0.3) is 0 Å². The van der Waals surface area contributed by atoms with E-state index in [1.54, 1.807) is 0 Å². The Morgan fingerprint density at radius 2 is 1.75 bits per heavy atom. The average molecular weight is 222 g/mol. The minimum Gasteiger partial charge on any atom is -0.341 e. The maximum atomic E-state index is 12.4. The van der Waals surface area contributed by atoms with Crippen molar-refractivity contribution in [1.29, 1.82) is 5.26 Å². The summed E-state index contributed by atoms with van der Waals surface area (Å²) < 4.78 is 0. The summed E-state index contributed by atoms with van der Waals surface area (Å²) in [6.07, 6.45) is 1.22. The van der Waals surface area contributed by atoms with Crippen LogP contribution in [-0.4, -0.2) is 23.9 Å². The maximum absolute atomic E-state index is 12.4. The Morgan fingerprint density at radius 3 is 2.06 bits per heavy atom. The van der Waals surface area contributed by atoms with Crippen molar-refractivity contribution in [2.75, 3.05) is 13.1 Å². The lowest BCUT2D eigenvalue weighted by molar-refractivity contribution is -0.138.